The molecular weight excluding hydrogens is 493 g/mol. The SMILES string of the molecule is CCOC(=O)N[C@H](Cc1c[nH]c2ccccc12)C(=O)Nc1ccc(I)cc1C(C)C. The van der Waals surface area contributed by atoms with Crippen molar-refractivity contribution in [2.75, 3.05) is 11.9 Å². The fourth-order valence-corrected chi connectivity index (χ4v) is 3.90. The molecular formula is C23H26IN3O3. The number of anilines is 1. The molecule has 0 unspecified atom stereocenters. The summed E-state index contributed by atoms with van der Waals surface area (Å²) >= 11 is 2.26. The van der Waals surface area contributed by atoms with Gasteiger partial charge in [-0.25, -0.2) is 4.79 Å². The van der Waals surface area contributed by atoms with E-state index in [0.29, 0.717) is 6.42 Å². The third-order valence-corrected chi connectivity index (χ3v) is 5.55. The Morgan fingerprint density at radius 3 is 2.67 bits per heavy atom. The van der Waals surface area contributed by atoms with Crippen LogP contribution in [0.4, 0.5) is 10.5 Å². The van der Waals surface area contributed by atoms with Crippen LogP contribution in [-0.2, 0) is 16.0 Å². The van der Waals surface area contributed by atoms with Gasteiger partial charge in [0, 0.05) is 32.8 Å². The number of hydrogen-bond acceptors (Lipinski definition) is 3. The van der Waals surface area contributed by atoms with Gasteiger partial charge in [-0.15, -0.1) is 0 Å². The highest BCUT2D eigenvalue weighted by atomic mass is 127. The van der Waals surface area contributed by atoms with Crippen molar-refractivity contribution >= 4 is 51.2 Å². The molecule has 0 aliphatic carbocycles. The number of halogens is 1. The van der Waals surface area contributed by atoms with Crippen molar-refractivity contribution in [1.29, 1.82) is 0 Å². The van der Waals surface area contributed by atoms with Crippen molar-refractivity contribution < 1.29 is 14.3 Å². The van der Waals surface area contributed by atoms with E-state index in [1.54, 1.807) is 6.92 Å². The summed E-state index contributed by atoms with van der Waals surface area (Å²) in [5.74, 6) is -0.0310. The molecule has 2 amide bonds. The summed E-state index contributed by atoms with van der Waals surface area (Å²) in [6.07, 6.45) is 1.61. The molecule has 6 nitrogen and oxygen atoms in total. The van der Waals surface area contributed by atoms with Gasteiger partial charge in [-0.1, -0.05) is 32.0 Å². The zero-order chi connectivity index (χ0) is 21.7. The molecule has 0 bridgehead atoms. The Hall–Kier alpha value is -2.55. The van der Waals surface area contributed by atoms with Crippen molar-refractivity contribution in [3.63, 3.8) is 0 Å². The molecule has 158 valence electrons. The standard InChI is InChI=1S/C23H26IN3O3/c1-4-30-23(29)27-21(11-15-13-25-19-8-6-5-7-17(15)19)22(28)26-20-10-9-16(24)12-18(20)14(2)3/h5-10,12-14,21,25H,4,11H2,1-3H3,(H,26,28)(H,27,29)/t21-/m1/s1. The monoisotopic (exact) mass is 519 g/mol. The predicted molar refractivity (Wildman–Crippen MR) is 128 cm³/mol. The van der Waals surface area contributed by atoms with E-state index in [0.717, 1.165) is 31.3 Å². The molecule has 2 aromatic carbocycles. The number of nitrogens with one attached hydrogen (secondary N) is 3. The van der Waals surface area contributed by atoms with Crippen LogP contribution in [0.5, 0.6) is 0 Å². The van der Waals surface area contributed by atoms with Crippen molar-refractivity contribution in [2.24, 2.45) is 0 Å². The van der Waals surface area contributed by atoms with Gasteiger partial charge in [0.05, 0.1) is 6.61 Å². The van der Waals surface area contributed by atoms with Gasteiger partial charge in [-0.05, 0) is 70.8 Å². The number of carbonyl (C=O) groups is 2. The fraction of sp³-hybridized carbons (Fsp3) is 0.304. The summed E-state index contributed by atoms with van der Waals surface area (Å²) < 4.78 is 6.12. The number of ether oxygens (including phenoxy) is 1. The summed E-state index contributed by atoms with van der Waals surface area (Å²) in [6, 6.07) is 13.0. The first-order valence-electron chi connectivity index (χ1n) is 9.97. The second-order valence-electron chi connectivity index (χ2n) is 7.36. The summed E-state index contributed by atoms with van der Waals surface area (Å²) in [5.41, 5.74) is 3.75. The summed E-state index contributed by atoms with van der Waals surface area (Å²) in [4.78, 5) is 28.5. The van der Waals surface area contributed by atoms with Crippen LogP contribution in [0.3, 0.4) is 0 Å². The van der Waals surface area contributed by atoms with Crippen LogP contribution in [0.1, 0.15) is 37.8 Å². The Balaban J connectivity index is 1.86. The van der Waals surface area contributed by atoms with E-state index in [4.69, 9.17) is 4.74 Å². The number of hydrogen-bond donors (Lipinski definition) is 3. The maximum absolute atomic E-state index is 13.2. The van der Waals surface area contributed by atoms with Gasteiger partial charge in [-0.3, -0.25) is 4.79 Å². The van der Waals surface area contributed by atoms with Gasteiger partial charge in [0.15, 0.2) is 0 Å². The minimum absolute atomic E-state index is 0.238. The Morgan fingerprint density at radius 1 is 1.17 bits per heavy atom. The van der Waals surface area contributed by atoms with Crippen LogP contribution in [0.2, 0.25) is 0 Å². The number of aromatic nitrogens is 1. The van der Waals surface area contributed by atoms with Crippen LogP contribution >= 0.6 is 22.6 Å². The number of benzene rings is 2. The number of alkyl carbamates (subject to hydrolysis) is 1. The van der Waals surface area contributed by atoms with E-state index < -0.39 is 12.1 Å². The Labute approximate surface area is 189 Å². The predicted octanol–water partition coefficient (Wildman–Crippen LogP) is 5.19. The number of rotatable bonds is 7. The first kappa shape index (κ1) is 22.1. The lowest BCUT2D eigenvalue weighted by atomic mass is 10.0. The molecule has 0 aliphatic rings. The number of aromatic amines is 1. The molecule has 1 atom stereocenters. The molecule has 0 aliphatic heterocycles. The van der Waals surface area contributed by atoms with E-state index in [1.807, 2.05) is 42.6 Å². The average Bonchev–Trinajstić information content (AvgIpc) is 3.12. The zero-order valence-corrected chi connectivity index (χ0v) is 19.4. The van der Waals surface area contributed by atoms with Crippen molar-refractivity contribution in [2.45, 2.75) is 39.2 Å². The summed E-state index contributed by atoms with van der Waals surface area (Å²) in [5, 5.41) is 6.74. The molecule has 0 fully saturated rings. The normalized spacial score (nSPS) is 12.0. The maximum Gasteiger partial charge on any atom is 0.407 e. The van der Waals surface area contributed by atoms with Crippen molar-refractivity contribution in [1.82, 2.24) is 10.3 Å². The molecule has 0 saturated carbocycles. The Morgan fingerprint density at radius 2 is 1.93 bits per heavy atom. The summed E-state index contributed by atoms with van der Waals surface area (Å²) in [6.45, 7) is 6.14. The number of fused-ring (bicyclic) bond motifs is 1. The lowest BCUT2D eigenvalue weighted by Gasteiger charge is -2.20. The summed E-state index contributed by atoms with van der Waals surface area (Å²) in [7, 11) is 0. The van der Waals surface area contributed by atoms with E-state index in [-0.39, 0.29) is 18.4 Å². The van der Waals surface area contributed by atoms with E-state index in [9.17, 15) is 9.59 Å². The molecule has 1 aromatic heterocycles. The zero-order valence-electron chi connectivity index (χ0n) is 17.3. The number of para-hydroxylation sites is 1. The third-order valence-electron chi connectivity index (χ3n) is 4.88. The Bertz CT molecular complexity index is 1050. The van der Waals surface area contributed by atoms with E-state index in [2.05, 4.69) is 58.1 Å². The molecule has 0 saturated heterocycles. The van der Waals surface area contributed by atoms with Gasteiger partial charge < -0.3 is 20.4 Å². The molecule has 7 heteroatoms. The largest absolute Gasteiger partial charge is 0.450 e. The quantitative estimate of drug-likeness (QED) is 0.376. The van der Waals surface area contributed by atoms with Gasteiger partial charge in [0.2, 0.25) is 5.91 Å². The van der Waals surface area contributed by atoms with E-state index >= 15 is 0 Å². The number of amides is 2. The molecule has 30 heavy (non-hydrogen) atoms. The average molecular weight is 519 g/mol. The van der Waals surface area contributed by atoms with Gasteiger partial charge >= 0.3 is 6.09 Å². The molecule has 3 rings (SSSR count). The van der Waals surface area contributed by atoms with Crippen LogP contribution in [-0.4, -0.2) is 29.6 Å². The Kier molecular flexibility index (Phi) is 7.36. The highest BCUT2D eigenvalue weighted by molar-refractivity contribution is 14.1. The molecule has 0 spiro atoms. The minimum atomic E-state index is -0.775. The van der Waals surface area contributed by atoms with Crippen molar-refractivity contribution in [3.8, 4) is 0 Å². The van der Waals surface area contributed by atoms with Crippen LogP contribution in [0.15, 0.2) is 48.7 Å². The number of H-pyrrole nitrogens is 1. The first-order valence-corrected chi connectivity index (χ1v) is 11.1. The first-order chi connectivity index (χ1) is 14.4. The lowest BCUT2D eigenvalue weighted by Crippen LogP contribution is -2.45. The van der Waals surface area contributed by atoms with Crippen LogP contribution in [0.25, 0.3) is 10.9 Å². The smallest absolute Gasteiger partial charge is 0.407 e. The highest BCUT2D eigenvalue weighted by Gasteiger charge is 2.24. The van der Waals surface area contributed by atoms with E-state index in [1.165, 1.54) is 0 Å². The second kappa shape index (κ2) is 9.97. The highest BCUT2D eigenvalue weighted by Crippen LogP contribution is 2.27. The lowest BCUT2D eigenvalue weighted by molar-refractivity contribution is -0.118. The van der Waals surface area contributed by atoms with Crippen LogP contribution in [0, 0.1) is 3.57 Å². The van der Waals surface area contributed by atoms with Gasteiger partial charge in [-0.2, -0.15) is 0 Å². The molecule has 3 N–H and O–H groups in total. The van der Waals surface area contributed by atoms with Crippen molar-refractivity contribution in [3.05, 3.63) is 63.4 Å². The molecule has 1 heterocycles. The molecule has 3 aromatic rings. The van der Waals surface area contributed by atoms with Gasteiger partial charge in [0.1, 0.15) is 6.04 Å². The fourth-order valence-electron chi connectivity index (χ4n) is 3.39. The van der Waals surface area contributed by atoms with Crippen LogP contribution < -0.4 is 10.6 Å². The minimum Gasteiger partial charge on any atom is -0.450 e. The molecule has 0 radical (unpaired) electrons. The second-order valence-corrected chi connectivity index (χ2v) is 8.60. The number of carbonyl (C=O) groups excluding carboxylic acids is 2. The maximum atomic E-state index is 13.2. The van der Waals surface area contributed by atoms with Gasteiger partial charge in [0.25, 0.3) is 0 Å². The topological polar surface area (TPSA) is 83.2 Å². The third kappa shape index (κ3) is 5.33.